The zero-order chi connectivity index (χ0) is 24.4. The summed E-state index contributed by atoms with van der Waals surface area (Å²) in [5.41, 5.74) is 1.96. The van der Waals surface area contributed by atoms with E-state index in [2.05, 4.69) is 0 Å². The molecule has 0 aromatic heterocycles. The van der Waals surface area contributed by atoms with E-state index in [9.17, 15) is 14.7 Å². The van der Waals surface area contributed by atoms with E-state index in [1.165, 1.54) is 4.90 Å². The Morgan fingerprint density at radius 1 is 1.15 bits per heavy atom. The van der Waals surface area contributed by atoms with Gasteiger partial charge in [0.2, 0.25) is 0 Å². The number of amides is 1. The van der Waals surface area contributed by atoms with Gasteiger partial charge in [0.15, 0.2) is 11.5 Å². The molecule has 0 saturated heterocycles. The van der Waals surface area contributed by atoms with Gasteiger partial charge in [0.25, 0.3) is 5.91 Å². The molecule has 176 valence electrons. The van der Waals surface area contributed by atoms with Crippen molar-refractivity contribution in [2.45, 2.75) is 26.8 Å². The largest absolute Gasteiger partial charge is 0.503 e. The number of aryl methyl sites for hydroxylation is 1. The number of anilines is 1. The van der Waals surface area contributed by atoms with Crippen LogP contribution < -0.4 is 9.64 Å². The zero-order valence-electron chi connectivity index (χ0n) is 19.4. The van der Waals surface area contributed by atoms with E-state index >= 15 is 0 Å². The molecule has 2 aromatic carbocycles. The van der Waals surface area contributed by atoms with E-state index in [1.54, 1.807) is 50.2 Å². The van der Waals surface area contributed by atoms with Gasteiger partial charge in [0.1, 0.15) is 12.4 Å². The van der Waals surface area contributed by atoms with E-state index in [1.807, 2.05) is 25.9 Å². The standard InChI is InChI=1S/C25H28Cl2N2O4/c1-14(2)23(30)21-22(18-8-6-16(26)12-15(18)3)29(25(32)24(21)31)19-9-7-17(27)13-20(19)33-11-10-28(4)5/h6-9,12-14,22,31H,10-11H2,1-5H3. The van der Waals surface area contributed by atoms with E-state index in [0.717, 1.165) is 5.56 Å². The number of rotatable bonds is 8. The predicted molar refractivity (Wildman–Crippen MR) is 131 cm³/mol. The van der Waals surface area contributed by atoms with E-state index in [-0.39, 0.29) is 11.4 Å². The lowest BCUT2D eigenvalue weighted by molar-refractivity contribution is -0.119. The number of hydrogen-bond donors (Lipinski definition) is 1. The highest BCUT2D eigenvalue weighted by molar-refractivity contribution is 6.31. The lowest BCUT2D eigenvalue weighted by Gasteiger charge is -2.30. The fourth-order valence-corrected chi connectivity index (χ4v) is 4.19. The lowest BCUT2D eigenvalue weighted by atomic mass is 9.89. The summed E-state index contributed by atoms with van der Waals surface area (Å²) >= 11 is 12.4. The van der Waals surface area contributed by atoms with Crippen LogP contribution in [0.5, 0.6) is 5.75 Å². The van der Waals surface area contributed by atoms with Crippen LogP contribution in [-0.4, -0.2) is 48.9 Å². The minimum absolute atomic E-state index is 0.0645. The number of carbonyl (C=O) groups is 2. The van der Waals surface area contributed by atoms with E-state index < -0.39 is 23.6 Å². The predicted octanol–water partition coefficient (Wildman–Crippen LogP) is 5.37. The van der Waals surface area contributed by atoms with Crippen LogP contribution in [0.4, 0.5) is 5.69 Å². The van der Waals surface area contributed by atoms with Gasteiger partial charge in [-0.15, -0.1) is 0 Å². The summed E-state index contributed by atoms with van der Waals surface area (Å²) in [5.74, 6) is -1.54. The maximum atomic E-state index is 13.4. The Labute approximate surface area is 204 Å². The van der Waals surface area contributed by atoms with Crippen molar-refractivity contribution >= 4 is 40.6 Å². The van der Waals surface area contributed by atoms with E-state index in [4.69, 9.17) is 27.9 Å². The molecule has 0 bridgehead atoms. The van der Waals surface area contributed by atoms with E-state index in [0.29, 0.717) is 40.2 Å². The molecule has 0 aliphatic carbocycles. The number of hydrogen-bond acceptors (Lipinski definition) is 5. The molecule has 6 nitrogen and oxygen atoms in total. The average molecular weight is 491 g/mol. The first kappa shape index (κ1) is 25.1. The van der Waals surface area contributed by atoms with Crippen LogP contribution in [0.15, 0.2) is 47.7 Å². The fourth-order valence-electron chi connectivity index (χ4n) is 3.80. The molecule has 8 heteroatoms. The molecule has 1 atom stereocenters. The minimum atomic E-state index is -0.831. The number of aliphatic hydroxyl groups is 1. The van der Waals surface area contributed by atoms with Crippen LogP contribution in [0.1, 0.15) is 31.0 Å². The maximum absolute atomic E-state index is 13.4. The molecule has 33 heavy (non-hydrogen) atoms. The summed E-state index contributed by atoms with van der Waals surface area (Å²) in [6, 6.07) is 9.36. The SMILES string of the molecule is Cc1cc(Cl)ccc1C1C(C(=O)C(C)C)=C(O)C(=O)N1c1ccc(Cl)cc1OCCN(C)C. The van der Waals surface area contributed by atoms with Crippen molar-refractivity contribution in [3.05, 3.63) is 68.9 Å². The molecule has 1 aliphatic heterocycles. The second-order valence-electron chi connectivity index (χ2n) is 8.62. The summed E-state index contributed by atoms with van der Waals surface area (Å²) in [6.45, 7) is 6.34. The highest BCUT2D eigenvalue weighted by atomic mass is 35.5. The van der Waals surface area contributed by atoms with Crippen LogP contribution in [-0.2, 0) is 9.59 Å². The summed E-state index contributed by atoms with van der Waals surface area (Å²) < 4.78 is 5.98. The summed E-state index contributed by atoms with van der Waals surface area (Å²) in [6.07, 6.45) is 0. The molecular weight excluding hydrogens is 463 g/mol. The molecule has 0 fully saturated rings. The monoisotopic (exact) mass is 490 g/mol. The van der Waals surface area contributed by atoms with Gasteiger partial charge in [-0.3, -0.25) is 14.5 Å². The van der Waals surface area contributed by atoms with Gasteiger partial charge in [0.05, 0.1) is 17.3 Å². The molecule has 3 rings (SSSR count). The van der Waals surface area contributed by atoms with Crippen molar-refractivity contribution in [1.29, 1.82) is 0 Å². The smallest absolute Gasteiger partial charge is 0.294 e. The summed E-state index contributed by atoms with van der Waals surface area (Å²) in [7, 11) is 3.86. The van der Waals surface area contributed by atoms with Crippen molar-refractivity contribution in [3.8, 4) is 5.75 Å². The Bertz CT molecular complexity index is 1110. The zero-order valence-corrected chi connectivity index (χ0v) is 20.9. The Kier molecular flexibility index (Phi) is 7.73. The first-order chi connectivity index (χ1) is 15.5. The normalized spacial score (nSPS) is 16.3. The van der Waals surface area contributed by atoms with Crippen molar-refractivity contribution in [2.24, 2.45) is 5.92 Å². The third-order valence-electron chi connectivity index (χ3n) is 5.50. The molecular formula is C25H28Cl2N2O4. The number of halogens is 2. The average Bonchev–Trinajstić information content (AvgIpc) is 2.98. The van der Waals surface area contributed by atoms with Gasteiger partial charge in [-0.1, -0.05) is 43.1 Å². The van der Waals surface area contributed by atoms with Crippen molar-refractivity contribution in [1.82, 2.24) is 4.90 Å². The molecule has 1 N–H and O–H groups in total. The van der Waals surface area contributed by atoms with Crippen LogP contribution in [0.25, 0.3) is 0 Å². The second kappa shape index (κ2) is 10.2. The van der Waals surface area contributed by atoms with Gasteiger partial charge in [-0.25, -0.2) is 0 Å². The number of ketones is 1. The topological polar surface area (TPSA) is 70.1 Å². The maximum Gasteiger partial charge on any atom is 0.294 e. The van der Waals surface area contributed by atoms with Crippen LogP contribution in [0, 0.1) is 12.8 Å². The number of ether oxygens (including phenoxy) is 1. The van der Waals surface area contributed by atoms with Gasteiger partial charge in [-0.2, -0.15) is 0 Å². The van der Waals surface area contributed by atoms with Gasteiger partial charge < -0.3 is 14.7 Å². The van der Waals surface area contributed by atoms with Crippen LogP contribution >= 0.6 is 23.2 Å². The van der Waals surface area contributed by atoms with Crippen molar-refractivity contribution in [2.75, 3.05) is 32.1 Å². The van der Waals surface area contributed by atoms with Gasteiger partial charge >= 0.3 is 0 Å². The number of carbonyl (C=O) groups excluding carboxylic acids is 2. The molecule has 0 spiro atoms. The molecule has 1 unspecified atom stereocenters. The highest BCUT2D eigenvalue weighted by Crippen LogP contribution is 2.46. The van der Waals surface area contributed by atoms with Gasteiger partial charge in [0, 0.05) is 28.6 Å². The molecule has 0 saturated carbocycles. The van der Waals surface area contributed by atoms with Crippen LogP contribution in [0.2, 0.25) is 10.0 Å². The highest BCUT2D eigenvalue weighted by Gasteiger charge is 2.46. The Morgan fingerprint density at radius 2 is 1.79 bits per heavy atom. The van der Waals surface area contributed by atoms with Crippen LogP contribution in [0.3, 0.4) is 0 Å². The Balaban J connectivity index is 2.18. The number of likely N-dealkylation sites (N-methyl/N-ethyl adjacent to an activating group) is 1. The molecule has 1 heterocycles. The second-order valence-corrected chi connectivity index (χ2v) is 9.50. The quantitative estimate of drug-likeness (QED) is 0.538. The van der Waals surface area contributed by atoms with Crippen molar-refractivity contribution < 1.29 is 19.4 Å². The lowest BCUT2D eigenvalue weighted by Crippen LogP contribution is -2.32. The Hall–Kier alpha value is -2.54. The molecule has 1 aliphatic rings. The van der Waals surface area contributed by atoms with Crippen molar-refractivity contribution in [3.63, 3.8) is 0 Å². The molecule has 2 aromatic rings. The molecule has 0 radical (unpaired) electrons. The molecule has 1 amide bonds. The first-order valence-electron chi connectivity index (χ1n) is 10.7. The first-order valence-corrected chi connectivity index (χ1v) is 11.4. The number of Topliss-reactive ketones (excluding diaryl/α,β-unsaturated/α-hetero) is 1. The number of nitrogens with zero attached hydrogens (tertiary/aromatic N) is 2. The third-order valence-corrected chi connectivity index (χ3v) is 5.97. The number of benzene rings is 2. The Morgan fingerprint density at radius 3 is 2.39 bits per heavy atom. The van der Waals surface area contributed by atoms with Gasteiger partial charge in [-0.05, 0) is 56.4 Å². The minimum Gasteiger partial charge on any atom is -0.503 e. The summed E-state index contributed by atoms with van der Waals surface area (Å²) in [4.78, 5) is 29.9. The summed E-state index contributed by atoms with van der Waals surface area (Å²) in [5, 5.41) is 11.8. The third kappa shape index (κ3) is 5.18. The fraction of sp³-hybridized carbons (Fsp3) is 0.360. The number of aliphatic hydroxyl groups excluding tert-OH is 1.